The van der Waals surface area contributed by atoms with Crippen LogP contribution in [0.3, 0.4) is 0 Å². The first-order valence-corrected chi connectivity index (χ1v) is 12.8. The van der Waals surface area contributed by atoms with Crippen molar-refractivity contribution < 1.29 is 40.6 Å². The van der Waals surface area contributed by atoms with Crippen molar-refractivity contribution in [2.45, 2.75) is 38.0 Å². The molecule has 1 heterocycles. The second-order valence-electron chi connectivity index (χ2n) is 8.65. The standard InChI is InChI=1S/C27H22F6N4O3S/c1-2-22-36-37-24(41-22)34-23(38)35-25(16-17-8-4-3-5-9-17,18-10-6-12-20(14-18)39-26(28,29)30)19-11-7-13-21(15-19)40-27(31,32)33/h3-15H,2,16H2,1H3,(H2,34,35,37,38). The van der Waals surface area contributed by atoms with Crippen LogP contribution >= 0.6 is 11.3 Å². The van der Waals surface area contributed by atoms with E-state index in [0.29, 0.717) is 17.0 Å². The number of urea groups is 1. The van der Waals surface area contributed by atoms with Crippen molar-refractivity contribution in [2.24, 2.45) is 0 Å². The fraction of sp³-hybridized carbons (Fsp3) is 0.222. The van der Waals surface area contributed by atoms with Gasteiger partial charge in [-0.1, -0.05) is 72.9 Å². The van der Waals surface area contributed by atoms with Gasteiger partial charge in [-0.3, -0.25) is 5.32 Å². The monoisotopic (exact) mass is 596 g/mol. The van der Waals surface area contributed by atoms with E-state index in [2.05, 4.69) is 30.3 Å². The first kappa shape index (κ1) is 29.6. The van der Waals surface area contributed by atoms with E-state index in [1.165, 1.54) is 24.3 Å². The summed E-state index contributed by atoms with van der Waals surface area (Å²) in [6.07, 6.45) is -9.54. The van der Waals surface area contributed by atoms with E-state index < -0.39 is 35.8 Å². The molecule has 3 aromatic carbocycles. The Balaban J connectivity index is 1.88. The van der Waals surface area contributed by atoms with E-state index in [-0.39, 0.29) is 22.7 Å². The molecule has 0 aliphatic heterocycles. The van der Waals surface area contributed by atoms with E-state index in [4.69, 9.17) is 0 Å². The Morgan fingerprint density at radius 2 is 1.37 bits per heavy atom. The van der Waals surface area contributed by atoms with Crippen LogP contribution in [0, 0.1) is 0 Å². The Bertz CT molecular complexity index is 1420. The maximum Gasteiger partial charge on any atom is 0.573 e. The highest BCUT2D eigenvalue weighted by atomic mass is 32.1. The maximum atomic E-state index is 13.4. The zero-order chi connectivity index (χ0) is 29.7. The van der Waals surface area contributed by atoms with Crippen LogP contribution < -0.4 is 20.1 Å². The summed E-state index contributed by atoms with van der Waals surface area (Å²) in [5.41, 5.74) is -0.927. The van der Waals surface area contributed by atoms with Crippen LogP contribution in [0.5, 0.6) is 11.5 Å². The molecule has 0 bridgehead atoms. The number of halogens is 6. The van der Waals surface area contributed by atoms with Gasteiger partial charge in [0.2, 0.25) is 5.13 Å². The molecule has 14 heteroatoms. The minimum Gasteiger partial charge on any atom is -0.406 e. The number of aromatic nitrogens is 2. The van der Waals surface area contributed by atoms with Crippen LogP contribution in [0.15, 0.2) is 78.9 Å². The molecule has 0 aliphatic rings. The van der Waals surface area contributed by atoms with Gasteiger partial charge in [0.1, 0.15) is 16.5 Å². The molecule has 1 aromatic heterocycles. The van der Waals surface area contributed by atoms with Gasteiger partial charge in [-0.05, 0) is 47.4 Å². The fourth-order valence-electron chi connectivity index (χ4n) is 4.15. The number of aryl methyl sites for hydroxylation is 1. The molecule has 0 aliphatic carbocycles. The number of alkyl halides is 6. The summed E-state index contributed by atoms with van der Waals surface area (Å²) in [4.78, 5) is 13.4. The van der Waals surface area contributed by atoms with Crippen molar-refractivity contribution in [1.29, 1.82) is 0 Å². The van der Waals surface area contributed by atoms with Crippen LogP contribution in [0.2, 0.25) is 0 Å². The van der Waals surface area contributed by atoms with Gasteiger partial charge in [0.25, 0.3) is 0 Å². The van der Waals surface area contributed by atoms with Crippen molar-refractivity contribution in [1.82, 2.24) is 15.5 Å². The third kappa shape index (κ3) is 8.10. The molecule has 0 spiro atoms. The molecular formula is C27H22F6N4O3S. The molecule has 41 heavy (non-hydrogen) atoms. The number of rotatable bonds is 9. The molecule has 4 rings (SSSR count). The zero-order valence-corrected chi connectivity index (χ0v) is 22.0. The molecule has 0 fully saturated rings. The Morgan fingerprint density at radius 3 is 1.85 bits per heavy atom. The van der Waals surface area contributed by atoms with Gasteiger partial charge in [-0.25, -0.2) is 4.79 Å². The number of anilines is 1. The summed E-state index contributed by atoms with van der Waals surface area (Å²) in [5, 5.41) is 14.0. The number of ether oxygens (including phenoxy) is 2. The molecule has 0 atom stereocenters. The second-order valence-corrected chi connectivity index (χ2v) is 9.71. The van der Waals surface area contributed by atoms with Crippen LogP contribution in [0.1, 0.15) is 28.6 Å². The Labute approximate surface area is 234 Å². The Hall–Kier alpha value is -4.33. The lowest BCUT2D eigenvalue weighted by Crippen LogP contribution is -2.50. The summed E-state index contributed by atoms with van der Waals surface area (Å²) < 4.78 is 86.8. The molecule has 216 valence electrons. The van der Waals surface area contributed by atoms with Crippen molar-refractivity contribution in [2.75, 3.05) is 5.32 Å². The minimum atomic E-state index is -5.01. The molecule has 0 radical (unpaired) electrons. The number of nitrogens with one attached hydrogen (secondary N) is 2. The first-order valence-electron chi connectivity index (χ1n) is 12.0. The Morgan fingerprint density at radius 1 is 0.805 bits per heavy atom. The third-order valence-electron chi connectivity index (χ3n) is 5.75. The van der Waals surface area contributed by atoms with Gasteiger partial charge in [0, 0.05) is 6.42 Å². The van der Waals surface area contributed by atoms with Crippen LogP contribution in [0.4, 0.5) is 36.3 Å². The molecule has 4 aromatic rings. The third-order valence-corrected chi connectivity index (χ3v) is 6.73. The highest BCUT2D eigenvalue weighted by molar-refractivity contribution is 7.15. The fourth-order valence-corrected chi connectivity index (χ4v) is 4.82. The van der Waals surface area contributed by atoms with Crippen molar-refractivity contribution in [3.05, 3.63) is 101 Å². The predicted molar refractivity (Wildman–Crippen MR) is 139 cm³/mol. The second kappa shape index (κ2) is 12.0. The lowest BCUT2D eigenvalue weighted by atomic mass is 9.77. The van der Waals surface area contributed by atoms with E-state index >= 15 is 0 Å². The largest absolute Gasteiger partial charge is 0.573 e. The van der Waals surface area contributed by atoms with E-state index in [1.54, 1.807) is 30.3 Å². The van der Waals surface area contributed by atoms with Gasteiger partial charge >= 0.3 is 18.8 Å². The van der Waals surface area contributed by atoms with Crippen LogP contribution in [0.25, 0.3) is 0 Å². The topological polar surface area (TPSA) is 85.4 Å². The predicted octanol–water partition coefficient (Wildman–Crippen LogP) is 7.21. The average Bonchev–Trinajstić information content (AvgIpc) is 3.34. The first-order chi connectivity index (χ1) is 19.3. The molecule has 0 unspecified atom stereocenters. The highest BCUT2D eigenvalue weighted by Gasteiger charge is 2.39. The number of carbonyl (C=O) groups is 1. The van der Waals surface area contributed by atoms with Gasteiger partial charge in [-0.15, -0.1) is 36.5 Å². The zero-order valence-electron chi connectivity index (χ0n) is 21.2. The summed E-state index contributed by atoms with van der Waals surface area (Å²) >= 11 is 1.12. The van der Waals surface area contributed by atoms with Crippen molar-refractivity contribution >= 4 is 22.5 Å². The van der Waals surface area contributed by atoms with Gasteiger partial charge in [0.15, 0.2) is 0 Å². The van der Waals surface area contributed by atoms with E-state index in [1.807, 2.05) is 6.92 Å². The quantitative estimate of drug-likeness (QED) is 0.200. The summed E-state index contributed by atoms with van der Waals surface area (Å²) in [6, 6.07) is 17.4. The number of amides is 2. The lowest BCUT2D eigenvalue weighted by Gasteiger charge is -2.36. The van der Waals surface area contributed by atoms with Gasteiger partial charge < -0.3 is 14.8 Å². The maximum absolute atomic E-state index is 13.4. The van der Waals surface area contributed by atoms with E-state index in [9.17, 15) is 31.1 Å². The van der Waals surface area contributed by atoms with E-state index in [0.717, 1.165) is 35.6 Å². The summed E-state index contributed by atoms with van der Waals surface area (Å²) in [7, 11) is 0. The number of hydrogen-bond donors (Lipinski definition) is 2. The van der Waals surface area contributed by atoms with Gasteiger partial charge in [-0.2, -0.15) is 0 Å². The smallest absolute Gasteiger partial charge is 0.406 e. The SMILES string of the molecule is CCc1nnc(NC(=O)NC(Cc2ccccc2)(c2cccc(OC(F)(F)F)c2)c2cccc(OC(F)(F)F)c2)s1. The van der Waals surface area contributed by atoms with Gasteiger partial charge in [0.05, 0.1) is 5.54 Å². The number of nitrogens with zero attached hydrogens (tertiary/aromatic N) is 2. The average molecular weight is 597 g/mol. The van der Waals surface area contributed by atoms with Crippen molar-refractivity contribution in [3.63, 3.8) is 0 Å². The number of carbonyl (C=O) groups excluding carboxylic acids is 1. The molecule has 0 saturated carbocycles. The molecule has 2 N–H and O–H groups in total. The molecular weight excluding hydrogens is 574 g/mol. The molecule has 2 amide bonds. The summed E-state index contributed by atoms with van der Waals surface area (Å²) in [5.74, 6) is -1.18. The molecule has 0 saturated heterocycles. The normalized spacial score (nSPS) is 12.1. The Kier molecular flexibility index (Phi) is 8.71. The molecule has 7 nitrogen and oxygen atoms in total. The number of hydrogen-bond acceptors (Lipinski definition) is 6. The van der Waals surface area contributed by atoms with Crippen LogP contribution in [-0.2, 0) is 18.4 Å². The van der Waals surface area contributed by atoms with Crippen molar-refractivity contribution in [3.8, 4) is 11.5 Å². The summed E-state index contributed by atoms with van der Waals surface area (Å²) in [6.45, 7) is 1.85. The number of benzene rings is 3. The highest BCUT2D eigenvalue weighted by Crippen LogP contribution is 2.38. The lowest BCUT2D eigenvalue weighted by molar-refractivity contribution is -0.275. The minimum absolute atomic E-state index is 0.0808. The van der Waals surface area contributed by atoms with Crippen LogP contribution in [-0.4, -0.2) is 29.0 Å².